The monoisotopic (exact) mass is 731 g/mol. The van der Waals surface area contributed by atoms with Crippen molar-refractivity contribution in [1.82, 2.24) is 9.47 Å². The minimum atomic E-state index is -0.820. The number of anilines is 1. The molecule has 1 amide bonds. The molecule has 3 aromatic carbocycles. The second kappa shape index (κ2) is 17.6. The molecule has 1 aromatic heterocycles. The van der Waals surface area contributed by atoms with E-state index in [0.29, 0.717) is 47.1 Å². The van der Waals surface area contributed by atoms with Crippen molar-refractivity contribution >= 4 is 22.5 Å². The van der Waals surface area contributed by atoms with E-state index in [1.807, 2.05) is 19.1 Å². The molecular formula is C42H53F2N4O5+. The van der Waals surface area contributed by atoms with Gasteiger partial charge < -0.3 is 28.2 Å². The van der Waals surface area contributed by atoms with Crippen LogP contribution in [0.15, 0.2) is 65.6 Å². The lowest BCUT2D eigenvalue weighted by molar-refractivity contribution is -0.941. The number of nitrogens with zero attached hydrogens (tertiary/aromatic N) is 4. The van der Waals surface area contributed by atoms with Crippen molar-refractivity contribution in [2.75, 3.05) is 77.6 Å². The number of amides is 1. The van der Waals surface area contributed by atoms with Gasteiger partial charge in [-0.05, 0) is 56.9 Å². The summed E-state index contributed by atoms with van der Waals surface area (Å²) in [4.78, 5) is 31.8. The Balaban J connectivity index is 1.19. The lowest BCUT2D eigenvalue weighted by Crippen LogP contribution is -2.67. The van der Waals surface area contributed by atoms with Crippen LogP contribution in [0.3, 0.4) is 0 Å². The smallest absolute Gasteiger partial charge is 0.263 e. The first-order chi connectivity index (χ1) is 25.7. The maximum atomic E-state index is 14.2. The van der Waals surface area contributed by atoms with E-state index in [0.717, 1.165) is 37.5 Å². The van der Waals surface area contributed by atoms with Crippen molar-refractivity contribution < 1.29 is 32.3 Å². The van der Waals surface area contributed by atoms with Crippen molar-refractivity contribution in [1.29, 1.82) is 0 Å². The Morgan fingerprint density at radius 1 is 0.792 bits per heavy atom. The number of hydrogen-bond acceptors (Lipinski definition) is 6. The number of quaternary nitrogens is 1. The fourth-order valence-electron chi connectivity index (χ4n) is 7.68. The summed E-state index contributed by atoms with van der Waals surface area (Å²) < 4.78 is 49.2. The fourth-order valence-corrected chi connectivity index (χ4v) is 7.68. The topological polar surface area (TPSA) is 73.2 Å². The first kappa shape index (κ1) is 38.3. The zero-order valence-electron chi connectivity index (χ0n) is 31.4. The van der Waals surface area contributed by atoms with E-state index in [2.05, 4.69) is 4.90 Å². The van der Waals surface area contributed by atoms with Gasteiger partial charge in [-0.1, -0.05) is 26.2 Å². The molecule has 0 spiro atoms. The largest absolute Gasteiger partial charge is 0.497 e. The van der Waals surface area contributed by atoms with Gasteiger partial charge in [-0.15, -0.1) is 0 Å². The Morgan fingerprint density at radius 2 is 1.45 bits per heavy atom. The van der Waals surface area contributed by atoms with E-state index in [4.69, 9.17) is 14.2 Å². The van der Waals surface area contributed by atoms with Gasteiger partial charge in [0, 0.05) is 73.8 Å². The van der Waals surface area contributed by atoms with Crippen molar-refractivity contribution in [3.05, 3.63) is 88.2 Å². The zero-order valence-corrected chi connectivity index (χ0v) is 31.4. The number of piperazine rings is 3. The quantitative estimate of drug-likeness (QED) is 0.0776. The molecule has 4 aromatic rings. The molecule has 11 heteroatoms. The molecule has 53 heavy (non-hydrogen) atoms. The number of benzene rings is 3. The summed E-state index contributed by atoms with van der Waals surface area (Å²) >= 11 is 0. The maximum Gasteiger partial charge on any atom is 0.263 e. The third-order valence-electron chi connectivity index (χ3n) is 10.7. The summed E-state index contributed by atoms with van der Waals surface area (Å²) in [5.74, 6) is -0.612. The number of carbonyl (C=O) groups excluding carboxylic acids is 1. The second-order valence-corrected chi connectivity index (χ2v) is 14.4. The van der Waals surface area contributed by atoms with Gasteiger partial charge in [0.15, 0.2) is 0 Å². The molecule has 3 aliphatic rings. The molecule has 0 radical (unpaired) electrons. The minimum absolute atomic E-state index is 0.0186. The molecule has 3 fully saturated rings. The molecule has 284 valence electrons. The highest BCUT2D eigenvalue weighted by Crippen LogP contribution is 2.30. The maximum absolute atomic E-state index is 14.2. The number of halogens is 2. The lowest BCUT2D eigenvalue weighted by atomic mass is 10.1. The molecule has 0 N–H and O–H groups in total. The average Bonchev–Trinajstić information content (AvgIpc) is 3.17. The van der Waals surface area contributed by atoms with Crippen molar-refractivity contribution in [2.45, 2.75) is 58.8 Å². The number of carbonyl (C=O) groups is 1. The van der Waals surface area contributed by atoms with Crippen molar-refractivity contribution in [3.63, 3.8) is 0 Å². The van der Waals surface area contributed by atoms with E-state index >= 15 is 0 Å². The molecule has 9 nitrogen and oxygen atoms in total. The first-order valence-electron chi connectivity index (χ1n) is 19.2. The van der Waals surface area contributed by atoms with Gasteiger partial charge in [-0.3, -0.25) is 14.5 Å². The molecule has 3 aliphatic heterocycles. The van der Waals surface area contributed by atoms with Gasteiger partial charge in [0.1, 0.15) is 34.4 Å². The molecule has 0 saturated carbocycles. The number of rotatable bonds is 18. The van der Waals surface area contributed by atoms with Crippen LogP contribution >= 0.6 is 0 Å². The van der Waals surface area contributed by atoms with Crippen LogP contribution in [0, 0.1) is 11.6 Å². The van der Waals surface area contributed by atoms with Gasteiger partial charge in [-0.2, -0.15) is 0 Å². The van der Waals surface area contributed by atoms with Crippen LogP contribution < -0.4 is 24.5 Å². The van der Waals surface area contributed by atoms with Gasteiger partial charge in [0.2, 0.25) is 5.43 Å². The Labute approximate surface area is 311 Å². The van der Waals surface area contributed by atoms with Crippen LogP contribution in [-0.4, -0.2) is 92.5 Å². The Morgan fingerprint density at radius 3 is 2.13 bits per heavy atom. The average molecular weight is 732 g/mol. The second-order valence-electron chi connectivity index (χ2n) is 14.4. The number of fused-ring (bicyclic) bond motifs is 4. The molecule has 0 aliphatic carbocycles. The van der Waals surface area contributed by atoms with Gasteiger partial charge in [-0.25, -0.2) is 8.78 Å². The Hall–Kier alpha value is -4.48. The van der Waals surface area contributed by atoms with Crippen molar-refractivity contribution in [2.24, 2.45) is 0 Å². The van der Waals surface area contributed by atoms with Gasteiger partial charge in [0.25, 0.3) is 5.91 Å². The third-order valence-corrected chi connectivity index (χ3v) is 10.7. The number of unbranched alkanes of at least 4 members (excludes halogenated alkanes) is 5. The molecule has 2 bridgehead atoms. The van der Waals surface area contributed by atoms with Gasteiger partial charge >= 0.3 is 0 Å². The van der Waals surface area contributed by atoms with E-state index in [1.165, 1.54) is 87.1 Å². The van der Waals surface area contributed by atoms with Crippen LogP contribution in [0.2, 0.25) is 0 Å². The molecule has 4 heterocycles. The van der Waals surface area contributed by atoms with Crippen LogP contribution in [0.25, 0.3) is 16.6 Å². The highest BCUT2D eigenvalue weighted by molar-refractivity contribution is 6.07. The van der Waals surface area contributed by atoms with E-state index in [1.54, 1.807) is 42.9 Å². The highest BCUT2D eigenvalue weighted by Gasteiger charge is 2.37. The van der Waals surface area contributed by atoms with E-state index < -0.39 is 23.0 Å². The molecular weight excluding hydrogens is 678 g/mol. The third kappa shape index (κ3) is 9.19. The summed E-state index contributed by atoms with van der Waals surface area (Å²) in [6, 6.07) is 13.5. The van der Waals surface area contributed by atoms with E-state index in [-0.39, 0.29) is 17.8 Å². The first-order valence-corrected chi connectivity index (χ1v) is 19.2. The standard InChI is InChI=1S/C42H53F2N4O5/c1-4-21-52-37-27-34(26-36(28-37)51-3)47-30-39(42(50)46(5-2)33-24-31(43)23-32(44)25-33)41(49)38-13-12-35(29-40(38)47)53-22-11-9-7-6-8-10-17-48-18-14-45(15-19-48)16-20-48/h12-13,23-30H,4-11,14-22H2,1-3H3/q+1. The summed E-state index contributed by atoms with van der Waals surface area (Å²) in [5, 5.41) is 0.292. The number of methoxy groups -OCH3 is 1. The number of pyridine rings is 1. The molecule has 7 rings (SSSR count). The summed E-state index contributed by atoms with van der Waals surface area (Å²) in [5.41, 5.74) is 0.490. The fraction of sp³-hybridized carbons (Fsp3) is 0.476. The number of hydrogen-bond donors (Lipinski definition) is 0. The number of aromatic nitrogens is 1. The number of ether oxygens (including phenoxy) is 3. The lowest BCUT2D eigenvalue weighted by Gasteiger charge is -2.50. The van der Waals surface area contributed by atoms with Crippen LogP contribution in [0.4, 0.5) is 14.5 Å². The summed E-state index contributed by atoms with van der Waals surface area (Å²) in [7, 11) is 1.56. The summed E-state index contributed by atoms with van der Waals surface area (Å²) in [6.45, 7) is 13.9. The normalized spacial score (nSPS) is 17.9. The molecule has 0 unspecified atom stereocenters. The highest BCUT2D eigenvalue weighted by atomic mass is 19.1. The predicted molar refractivity (Wildman–Crippen MR) is 205 cm³/mol. The van der Waals surface area contributed by atoms with Crippen LogP contribution in [0.1, 0.15) is 69.2 Å². The summed E-state index contributed by atoms with van der Waals surface area (Å²) in [6.07, 6.45) is 9.30. The predicted octanol–water partition coefficient (Wildman–Crippen LogP) is 7.60. The Kier molecular flexibility index (Phi) is 12.7. The van der Waals surface area contributed by atoms with Crippen molar-refractivity contribution in [3.8, 4) is 22.9 Å². The molecule has 3 saturated heterocycles. The zero-order chi connectivity index (χ0) is 37.4. The van der Waals surface area contributed by atoms with E-state index in [9.17, 15) is 18.4 Å². The van der Waals surface area contributed by atoms with Gasteiger partial charge in [0.05, 0.1) is 57.7 Å². The van der Waals surface area contributed by atoms with Crippen LogP contribution in [0.5, 0.6) is 17.2 Å². The Bertz CT molecular complexity index is 1910. The van der Waals surface area contributed by atoms with Crippen LogP contribution in [-0.2, 0) is 0 Å². The SMILES string of the molecule is CCCOc1cc(OC)cc(-n2cc(C(=O)N(CC)c3cc(F)cc(F)c3)c(=O)c3ccc(OCCCCCCCC[N+]45CCN(CC4)CC5)cc32)c1. The molecule has 0 atom stereocenters. The minimum Gasteiger partial charge on any atom is -0.497 e.